The number of hydrogen-bond acceptors (Lipinski definition) is 8. The molecule has 2 aromatic rings. The molecule has 2 aromatic heterocycles. The summed E-state index contributed by atoms with van der Waals surface area (Å²) in [7, 11) is 0. The quantitative estimate of drug-likeness (QED) is 0.466. The Bertz CT molecular complexity index is 772. The van der Waals surface area contributed by atoms with Gasteiger partial charge in [0.2, 0.25) is 0 Å². The molecule has 0 amide bonds. The minimum Gasteiger partial charge on any atom is -0.355 e. The highest BCUT2D eigenvalue weighted by Crippen LogP contribution is 2.27. The van der Waals surface area contributed by atoms with Crippen molar-refractivity contribution in [3.63, 3.8) is 0 Å². The van der Waals surface area contributed by atoms with Crippen LogP contribution in [0.1, 0.15) is 42.3 Å². The highest BCUT2D eigenvalue weighted by Gasteiger charge is 2.24. The van der Waals surface area contributed by atoms with Gasteiger partial charge in [0.1, 0.15) is 11.5 Å². The van der Waals surface area contributed by atoms with Gasteiger partial charge in [0.05, 0.1) is 12.2 Å². The summed E-state index contributed by atoms with van der Waals surface area (Å²) in [6, 6.07) is 4.48. The monoisotopic (exact) mass is 368 g/mol. The Balaban J connectivity index is 1.59. The molecule has 0 spiro atoms. The average molecular weight is 368 g/mol. The van der Waals surface area contributed by atoms with E-state index in [4.69, 9.17) is 21.5 Å². The summed E-state index contributed by atoms with van der Waals surface area (Å²) in [5, 5.41) is 3.60. The van der Waals surface area contributed by atoms with E-state index >= 15 is 0 Å². The Morgan fingerprint density at radius 2 is 2.07 bits per heavy atom. The molecular formula is C19H28N8. The van der Waals surface area contributed by atoms with Gasteiger partial charge in [-0.05, 0) is 50.3 Å². The van der Waals surface area contributed by atoms with Crippen LogP contribution >= 0.6 is 0 Å². The average Bonchev–Trinajstić information content (AvgIpc) is 2.69. The molecule has 4 rings (SSSR count). The maximum atomic E-state index is 6.01. The fraction of sp³-hybridized carbons (Fsp3) is 0.526. The Kier molecular flexibility index (Phi) is 5.47. The van der Waals surface area contributed by atoms with Gasteiger partial charge < -0.3 is 21.4 Å². The van der Waals surface area contributed by atoms with E-state index in [1.807, 2.05) is 18.5 Å². The molecule has 0 saturated carbocycles. The van der Waals surface area contributed by atoms with Crippen molar-refractivity contribution >= 4 is 11.6 Å². The predicted molar refractivity (Wildman–Crippen MR) is 106 cm³/mol. The van der Waals surface area contributed by atoms with Gasteiger partial charge in [-0.2, -0.15) is 0 Å². The van der Waals surface area contributed by atoms with Crippen LogP contribution in [0.15, 0.2) is 24.5 Å². The number of pyridine rings is 1. The molecule has 1 atom stereocenters. The second-order valence-corrected chi connectivity index (χ2v) is 7.35. The molecule has 0 bridgehead atoms. The number of anilines is 2. The molecule has 1 unspecified atom stereocenters. The molecule has 0 aliphatic carbocycles. The smallest absolute Gasteiger partial charge is 0.165 e. The largest absolute Gasteiger partial charge is 0.355 e. The maximum absolute atomic E-state index is 6.01. The van der Waals surface area contributed by atoms with E-state index in [0.717, 1.165) is 63.3 Å². The van der Waals surface area contributed by atoms with E-state index in [-0.39, 0.29) is 12.1 Å². The molecule has 0 radical (unpaired) electrons. The molecule has 144 valence electrons. The van der Waals surface area contributed by atoms with Crippen molar-refractivity contribution in [3.8, 4) is 0 Å². The van der Waals surface area contributed by atoms with Gasteiger partial charge in [0, 0.05) is 31.0 Å². The molecule has 2 aliphatic rings. The molecule has 27 heavy (non-hydrogen) atoms. The molecule has 8 nitrogen and oxygen atoms in total. The fourth-order valence-corrected chi connectivity index (χ4v) is 3.93. The van der Waals surface area contributed by atoms with Crippen molar-refractivity contribution in [2.24, 2.45) is 11.6 Å². The van der Waals surface area contributed by atoms with Crippen LogP contribution in [0.3, 0.4) is 0 Å². The van der Waals surface area contributed by atoms with Crippen molar-refractivity contribution < 1.29 is 0 Å². The number of aryl methyl sites for hydroxylation is 1. The van der Waals surface area contributed by atoms with Gasteiger partial charge in [-0.3, -0.25) is 9.97 Å². The van der Waals surface area contributed by atoms with Crippen molar-refractivity contribution in [2.75, 3.05) is 30.0 Å². The number of aromatic nitrogens is 3. The Morgan fingerprint density at radius 3 is 2.89 bits per heavy atom. The van der Waals surface area contributed by atoms with Crippen molar-refractivity contribution in [1.82, 2.24) is 20.3 Å². The Morgan fingerprint density at radius 1 is 1.22 bits per heavy atom. The summed E-state index contributed by atoms with van der Waals surface area (Å²) in [4.78, 5) is 16.3. The summed E-state index contributed by atoms with van der Waals surface area (Å²) in [5.74, 6) is 7.29. The second-order valence-electron chi connectivity index (χ2n) is 7.35. The van der Waals surface area contributed by atoms with E-state index in [1.54, 1.807) is 0 Å². The van der Waals surface area contributed by atoms with E-state index in [1.165, 1.54) is 11.3 Å². The third-order valence-electron chi connectivity index (χ3n) is 5.51. The van der Waals surface area contributed by atoms with Gasteiger partial charge in [-0.1, -0.05) is 6.07 Å². The SMILES string of the molecule is NNc1nc(N2CCC(N)CC2)cnc1C1Cc2cccnc2CCCN1. The zero-order valence-corrected chi connectivity index (χ0v) is 15.6. The predicted octanol–water partition coefficient (Wildman–Crippen LogP) is 0.904. The third-order valence-corrected chi connectivity index (χ3v) is 5.51. The third kappa shape index (κ3) is 4.02. The maximum Gasteiger partial charge on any atom is 0.165 e. The molecule has 1 saturated heterocycles. The van der Waals surface area contributed by atoms with Crippen molar-refractivity contribution in [2.45, 2.75) is 44.2 Å². The van der Waals surface area contributed by atoms with Gasteiger partial charge in [0.25, 0.3) is 0 Å². The summed E-state index contributed by atoms with van der Waals surface area (Å²) < 4.78 is 0. The summed E-state index contributed by atoms with van der Waals surface area (Å²) in [6.07, 6.45) is 8.55. The standard InChI is InChI=1S/C19H28N8/c20-14-5-9-27(10-6-14)17-12-24-18(19(25-17)26-21)16-11-13-3-1-7-22-15(13)4-2-8-23-16/h1,3,7,12,14,16,23H,2,4-6,8-11,20-21H2,(H,25,26). The summed E-state index contributed by atoms with van der Waals surface area (Å²) >= 11 is 0. The van der Waals surface area contributed by atoms with Gasteiger partial charge in [-0.15, -0.1) is 0 Å². The van der Waals surface area contributed by atoms with Crippen LogP contribution in [0.5, 0.6) is 0 Å². The van der Waals surface area contributed by atoms with E-state index in [9.17, 15) is 0 Å². The fourth-order valence-electron chi connectivity index (χ4n) is 3.93. The number of nitrogens with zero attached hydrogens (tertiary/aromatic N) is 4. The van der Waals surface area contributed by atoms with Gasteiger partial charge in [0.15, 0.2) is 5.82 Å². The number of hydrazine groups is 1. The highest BCUT2D eigenvalue weighted by molar-refractivity contribution is 5.49. The summed E-state index contributed by atoms with van der Waals surface area (Å²) in [6.45, 7) is 2.72. The minimum atomic E-state index is 0.0515. The zero-order chi connectivity index (χ0) is 18.6. The van der Waals surface area contributed by atoms with Crippen LogP contribution in [0.4, 0.5) is 11.6 Å². The lowest BCUT2D eigenvalue weighted by Gasteiger charge is -2.31. The normalized spacial score (nSPS) is 21.3. The first-order valence-electron chi connectivity index (χ1n) is 9.75. The number of piperidine rings is 1. The number of nitrogens with one attached hydrogen (secondary N) is 2. The lowest BCUT2D eigenvalue weighted by atomic mass is 9.97. The van der Waals surface area contributed by atoms with Crippen LogP contribution in [-0.2, 0) is 12.8 Å². The molecule has 8 heteroatoms. The van der Waals surface area contributed by atoms with Gasteiger partial charge >= 0.3 is 0 Å². The van der Waals surface area contributed by atoms with Crippen molar-refractivity contribution in [3.05, 3.63) is 41.5 Å². The van der Waals surface area contributed by atoms with Crippen molar-refractivity contribution in [1.29, 1.82) is 0 Å². The molecule has 0 aromatic carbocycles. The molecule has 6 N–H and O–H groups in total. The number of hydrogen-bond donors (Lipinski definition) is 4. The first kappa shape index (κ1) is 18.1. The lowest BCUT2D eigenvalue weighted by molar-refractivity contribution is 0.488. The number of rotatable bonds is 3. The molecule has 2 aliphatic heterocycles. The summed E-state index contributed by atoms with van der Waals surface area (Å²) in [5.41, 5.74) is 12.1. The lowest BCUT2D eigenvalue weighted by Crippen LogP contribution is -2.40. The van der Waals surface area contributed by atoms with Crippen LogP contribution in [0, 0.1) is 0 Å². The second kappa shape index (κ2) is 8.16. The minimum absolute atomic E-state index is 0.0515. The van der Waals surface area contributed by atoms with E-state index in [2.05, 4.69) is 26.7 Å². The first-order valence-corrected chi connectivity index (χ1v) is 9.75. The molecular weight excluding hydrogens is 340 g/mol. The number of fused-ring (bicyclic) bond motifs is 1. The van der Waals surface area contributed by atoms with Gasteiger partial charge in [-0.25, -0.2) is 10.8 Å². The van der Waals surface area contributed by atoms with Crippen LogP contribution in [-0.4, -0.2) is 40.6 Å². The number of nitrogen functional groups attached to an aromatic ring is 1. The van der Waals surface area contributed by atoms with E-state index in [0.29, 0.717) is 5.82 Å². The van der Waals surface area contributed by atoms with Crippen LogP contribution in [0.2, 0.25) is 0 Å². The first-order chi connectivity index (χ1) is 13.2. The highest BCUT2D eigenvalue weighted by atomic mass is 15.3. The zero-order valence-electron chi connectivity index (χ0n) is 15.6. The van der Waals surface area contributed by atoms with E-state index < -0.39 is 0 Å². The topological polar surface area (TPSA) is 118 Å². The molecule has 1 fully saturated rings. The molecule has 4 heterocycles. The van der Waals surface area contributed by atoms with Crippen LogP contribution < -0.4 is 27.2 Å². The Hall–Kier alpha value is -2.29. The Labute approximate surface area is 159 Å². The van der Waals surface area contributed by atoms with Crippen LogP contribution in [0.25, 0.3) is 0 Å². The number of nitrogens with two attached hydrogens (primary N) is 2.